The van der Waals surface area contributed by atoms with Crippen molar-refractivity contribution in [3.63, 3.8) is 0 Å². The van der Waals surface area contributed by atoms with E-state index >= 15 is 0 Å². The topological polar surface area (TPSA) is 84.9 Å². The molecule has 4 N–H and O–H groups in total. The van der Waals surface area contributed by atoms with Gasteiger partial charge in [-0.2, -0.15) is 0 Å². The molecule has 0 amide bonds. The van der Waals surface area contributed by atoms with E-state index in [0.717, 1.165) is 42.4 Å². The molecule has 0 spiro atoms. The molecule has 0 saturated heterocycles. The Morgan fingerprint density at radius 3 is 1.61 bits per heavy atom. The van der Waals surface area contributed by atoms with Crippen molar-refractivity contribution in [1.29, 1.82) is 0 Å². The summed E-state index contributed by atoms with van der Waals surface area (Å²) in [4.78, 5) is 0. The molecule has 4 rings (SSSR count). The van der Waals surface area contributed by atoms with E-state index in [1.165, 1.54) is 0 Å². The maximum Gasteiger partial charge on any atom is 0.141 e. The zero-order valence-electron chi connectivity index (χ0n) is 30.8. The van der Waals surface area contributed by atoms with Crippen molar-refractivity contribution in [2.75, 3.05) is 13.2 Å². The number of unbranched alkanes of at least 4 members (excludes halogenated alkanes) is 2. The number of rotatable bonds is 14. The lowest BCUT2D eigenvalue weighted by atomic mass is 9.72. The Morgan fingerprint density at radius 1 is 0.694 bits per heavy atom. The molecular formula is C44H57NO4. The van der Waals surface area contributed by atoms with Crippen molar-refractivity contribution in [3.8, 4) is 17.2 Å². The highest BCUT2D eigenvalue weighted by Gasteiger charge is 2.46. The van der Waals surface area contributed by atoms with Crippen LogP contribution < -0.4 is 15.2 Å². The number of aliphatic hydroxyl groups is 1. The Labute approximate surface area is 294 Å². The van der Waals surface area contributed by atoms with Gasteiger partial charge in [-0.3, -0.25) is 0 Å². The van der Waals surface area contributed by atoms with Crippen LogP contribution in [-0.2, 0) is 16.4 Å². The summed E-state index contributed by atoms with van der Waals surface area (Å²) in [5.41, 5.74) is 10.6. The third kappa shape index (κ3) is 8.95. The van der Waals surface area contributed by atoms with Crippen molar-refractivity contribution in [2.24, 2.45) is 5.73 Å². The first-order valence-electron chi connectivity index (χ1n) is 17.8. The SMILES string of the molecule is CCCCOc1ccc(C(C)(C)C)cc1C(O)(c1cc(C(C)(C)C)ccc1OCCCC)C(N)C(=Cc1ccccc1O)c1ccccc1. The van der Waals surface area contributed by atoms with Crippen molar-refractivity contribution < 1.29 is 19.7 Å². The average molecular weight is 664 g/mol. The first kappa shape index (κ1) is 37.8. The van der Waals surface area contributed by atoms with Crippen LogP contribution in [0.25, 0.3) is 11.6 Å². The summed E-state index contributed by atoms with van der Waals surface area (Å²) >= 11 is 0. The lowest BCUT2D eigenvalue weighted by Crippen LogP contribution is -2.48. The van der Waals surface area contributed by atoms with Crippen LogP contribution in [0.1, 0.15) is 114 Å². The van der Waals surface area contributed by atoms with Crippen LogP contribution >= 0.6 is 0 Å². The summed E-state index contributed by atoms with van der Waals surface area (Å²) in [6, 6.07) is 28.2. The fraction of sp³-hybridized carbons (Fsp3) is 0.409. The molecule has 0 radical (unpaired) electrons. The number of nitrogens with two attached hydrogens (primary N) is 1. The van der Waals surface area contributed by atoms with E-state index < -0.39 is 11.6 Å². The molecule has 1 atom stereocenters. The minimum Gasteiger partial charge on any atom is -0.507 e. The molecule has 0 aliphatic heterocycles. The zero-order chi connectivity index (χ0) is 35.8. The molecule has 0 fully saturated rings. The van der Waals surface area contributed by atoms with E-state index in [1.54, 1.807) is 12.1 Å². The van der Waals surface area contributed by atoms with E-state index in [0.29, 0.717) is 47.0 Å². The number of phenols is 1. The lowest BCUT2D eigenvalue weighted by Gasteiger charge is -2.40. The monoisotopic (exact) mass is 663 g/mol. The highest BCUT2D eigenvalue weighted by atomic mass is 16.5. The van der Waals surface area contributed by atoms with Gasteiger partial charge in [-0.1, -0.05) is 129 Å². The third-order valence-corrected chi connectivity index (χ3v) is 9.16. The Balaban J connectivity index is 2.15. The second-order valence-corrected chi connectivity index (χ2v) is 15.1. The maximum atomic E-state index is 13.9. The van der Waals surface area contributed by atoms with Crippen LogP contribution in [0.3, 0.4) is 0 Å². The molecule has 0 aliphatic rings. The summed E-state index contributed by atoms with van der Waals surface area (Å²) in [5, 5.41) is 24.8. The van der Waals surface area contributed by atoms with E-state index in [2.05, 4.69) is 79.7 Å². The Kier molecular flexibility index (Phi) is 12.4. The second-order valence-electron chi connectivity index (χ2n) is 15.1. The van der Waals surface area contributed by atoms with Gasteiger partial charge < -0.3 is 25.4 Å². The van der Waals surface area contributed by atoms with Gasteiger partial charge >= 0.3 is 0 Å². The van der Waals surface area contributed by atoms with Crippen molar-refractivity contribution in [1.82, 2.24) is 0 Å². The average Bonchev–Trinajstić information content (AvgIpc) is 3.07. The quantitative estimate of drug-likeness (QED) is 0.0924. The molecule has 49 heavy (non-hydrogen) atoms. The van der Waals surface area contributed by atoms with Gasteiger partial charge in [0.1, 0.15) is 22.8 Å². The molecule has 4 aromatic carbocycles. The predicted molar refractivity (Wildman–Crippen MR) is 204 cm³/mol. The summed E-state index contributed by atoms with van der Waals surface area (Å²) in [6.45, 7) is 18.2. The van der Waals surface area contributed by atoms with Gasteiger partial charge in [0.15, 0.2) is 0 Å². The minimum absolute atomic E-state index is 0.128. The van der Waals surface area contributed by atoms with Crippen LogP contribution in [-0.4, -0.2) is 29.5 Å². The van der Waals surface area contributed by atoms with E-state index in [4.69, 9.17) is 15.2 Å². The van der Waals surface area contributed by atoms with Gasteiger partial charge in [0.25, 0.3) is 0 Å². The van der Waals surface area contributed by atoms with E-state index in [1.807, 2.05) is 60.7 Å². The highest BCUT2D eigenvalue weighted by molar-refractivity contribution is 5.87. The first-order valence-corrected chi connectivity index (χ1v) is 17.8. The van der Waals surface area contributed by atoms with Gasteiger partial charge in [0.05, 0.1) is 19.3 Å². The highest BCUT2D eigenvalue weighted by Crippen LogP contribution is 2.48. The van der Waals surface area contributed by atoms with Crippen LogP contribution in [0, 0.1) is 0 Å². The van der Waals surface area contributed by atoms with Crippen LogP contribution in [0.15, 0.2) is 91.0 Å². The van der Waals surface area contributed by atoms with Crippen LogP contribution in [0.2, 0.25) is 0 Å². The van der Waals surface area contributed by atoms with Gasteiger partial charge in [-0.15, -0.1) is 0 Å². The molecular weight excluding hydrogens is 606 g/mol. The molecule has 0 bridgehead atoms. The minimum atomic E-state index is -1.84. The zero-order valence-corrected chi connectivity index (χ0v) is 30.8. The molecule has 0 saturated carbocycles. The van der Waals surface area contributed by atoms with Gasteiger partial charge in [0, 0.05) is 16.7 Å². The lowest BCUT2D eigenvalue weighted by molar-refractivity contribution is 0.0627. The number of para-hydroxylation sites is 1. The molecule has 0 aliphatic carbocycles. The standard InChI is InChI=1S/C44H57NO4/c1-9-11-26-48-39-24-22-33(42(3,4)5)29-36(39)44(47,37-30-34(43(6,7)8)23-25-40(37)49-27-12-10-2)41(45)35(31-18-14-13-15-19-31)28-32-20-16-17-21-38(32)46/h13-25,28-30,41,46-47H,9-12,26-27,45H2,1-8H3. The third-order valence-electron chi connectivity index (χ3n) is 9.16. The molecule has 262 valence electrons. The summed E-state index contributed by atoms with van der Waals surface area (Å²) in [6.07, 6.45) is 5.58. The van der Waals surface area contributed by atoms with Crippen molar-refractivity contribution in [2.45, 2.75) is 104 Å². The molecule has 1 unspecified atom stereocenters. The Bertz CT molecular complexity index is 1620. The van der Waals surface area contributed by atoms with Gasteiger partial charge in [-0.25, -0.2) is 0 Å². The van der Waals surface area contributed by atoms with Crippen molar-refractivity contribution >= 4 is 11.6 Å². The summed E-state index contributed by atoms with van der Waals surface area (Å²) < 4.78 is 13.0. The molecule has 5 nitrogen and oxygen atoms in total. The molecule has 4 aromatic rings. The number of benzene rings is 4. The Hall–Kier alpha value is -4.06. The fourth-order valence-electron chi connectivity index (χ4n) is 5.96. The van der Waals surface area contributed by atoms with Gasteiger partial charge in [0.2, 0.25) is 0 Å². The normalized spacial score (nSPS) is 13.3. The molecule has 0 aromatic heterocycles. The predicted octanol–water partition coefficient (Wildman–Crippen LogP) is 10.1. The largest absolute Gasteiger partial charge is 0.507 e. The van der Waals surface area contributed by atoms with Crippen molar-refractivity contribution in [3.05, 3.63) is 124 Å². The summed E-state index contributed by atoms with van der Waals surface area (Å²) in [5.74, 6) is 1.29. The number of ether oxygens (including phenoxy) is 2. The molecule has 0 heterocycles. The Morgan fingerprint density at radius 2 is 1.16 bits per heavy atom. The number of hydrogen-bond acceptors (Lipinski definition) is 5. The van der Waals surface area contributed by atoms with Crippen LogP contribution in [0.5, 0.6) is 17.2 Å². The second kappa shape index (κ2) is 16.1. The summed E-state index contributed by atoms with van der Waals surface area (Å²) in [7, 11) is 0. The van der Waals surface area contributed by atoms with Crippen LogP contribution in [0.4, 0.5) is 0 Å². The first-order chi connectivity index (χ1) is 23.2. The number of phenolic OH excluding ortho intramolecular Hbond substituents is 1. The van der Waals surface area contributed by atoms with Gasteiger partial charge in [-0.05, 0) is 82.3 Å². The van der Waals surface area contributed by atoms with E-state index in [9.17, 15) is 10.2 Å². The molecule has 5 heteroatoms. The smallest absolute Gasteiger partial charge is 0.141 e. The number of hydrogen-bond donors (Lipinski definition) is 3. The fourth-order valence-corrected chi connectivity index (χ4v) is 5.96. The maximum absolute atomic E-state index is 13.9. The number of aromatic hydroxyl groups is 1. The van der Waals surface area contributed by atoms with E-state index in [-0.39, 0.29) is 16.6 Å².